The van der Waals surface area contributed by atoms with Crippen LogP contribution < -0.4 is 5.32 Å². The number of nitrogens with zero attached hydrogens (tertiary/aromatic N) is 1. The molecule has 2 aliphatic heterocycles. The highest BCUT2D eigenvalue weighted by atomic mass is 16.5. The Balaban J connectivity index is 1.63. The van der Waals surface area contributed by atoms with Crippen molar-refractivity contribution in [3.8, 4) is 0 Å². The van der Waals surface area contributed by atoms with Crippen LogP contribution in [-0.2, 0) is 4.74 Å². The summed E-state index contributed by atoms with van der Waals surface area (Å²) < 4.78 is 5.54. The first-order chi connectivity index (χ1) is 7.88. The second kappa shape index (κ2) is 6.58. The van der Waals surface area contributed by atoms with E-state index in [2.05, 4.69) is 17.1 Å². The molecule has 0 aromatic carbocycles. The van der Waals surface area contributed by atoms with E-state index in [0.717, 1.165) is 25.2 Å². The number of rotatable bonds is 5. The Morgan fingerprint density at radius 3 is 3.06 bits per heavy atom. The third-order valence-corrected chi connectivity index (χ3v) is 3.73. The van der Waals surface area contributed by atoms with Crippen molar-refractivity contribution in [2.75, 3.05) is 39.4 Å². The highest BCUT2D eigenvalue weighted by molar-refractivity contribution is 4.82. The van der Waals surface area contributed by atoms with Crippen LogP contribution in [0.2, 0.25) is 0 Å². The van der Waals surface area contributed by atoms with E-state index in [9.17, 15) is 0 Å². The number of ether oxygens (including phenoxy) is 1. The zero-order valence-electron chi connectivity index (χ0n) is 10.6. The molecule has 0 saturated carbocycles. The molecule has 2 saturated heterocycles. The Morgan fingerprint density at radius 1 is 1.38 bits per heavy atom. The van der Waals surface area contributed by atoms with E-state index in [0.29, 0.717) is 0 Å². The minimum absolute atomic E-state index is 0.740. The summed E-state index contributed by atoms with van der Waals surface area (Å²) in [4.78, 5) is 2.62. The Labute approximate surface area is 99.5 Å². The first-order valence-electron chi connectivity index (χ1n) is 6.92. The molecule has 0 bridgehead atoms. The Morgan fingerprint density at radius 2 is 2.31 bits per heavy atom. The summed E-state index contributed by atoms with van der Waals surface area (Å²) in [5, 5.41) is 3.63. The maximum atomic E-state index is 5.54. The fourth-order valence-corrected chi connectivity index (χ4v) is 2.83. The summed E-state index contributed by atoms with van der Waals surface area (Å²) in [5.41, 5.74) is 0. The standard InChI is InChI=1S/C13H26N2O/c1-2-6-14-13-5-7-15(10-13)9-12-4-3-8-16-11-12/h12-14H,2-11H2,1H3. The molecule has 0 aromatic heterocycles. The van der Waals surface area contributed by atoms with Gasteiger partial charge in [0.2, 0.25) is 0 Å². The van der Waals surface area contributed by atoms with Gasteiger partial charge >= 0.3 is 0 Å². The van der Waals surface area contributed by atoms with E-state index in [1.165, 1.54) is 51.9 Å². The van der Waals surface area contributed by atoms with Crippen LogP contribution in [-0.4, -0.2) is 50.3 Å². The smallest absolute Gasteiger partial charge is 0.0506 e. The highest BCUT2D eigenvalue weighted by Crippen LogP contribution is 2.18. The summed E-state index contributed by atoms with van der Waals surface area (Å²) >= 11 is 0. The van der Waals surface area contributed by atoms with Gasteiger partial charge < -0.3 is 15.0 Å². The molecule has 16 heavy (non-hydrogen) atoms. The maximum absolute atomic E-state index is 5.54. The molecule has 2 fully saturated rings. The molecule has 94 valence electrons. The van der Waals surface area contributed by atoms with Crippen LogP contribution >= 0.6 is 0 Å². The van der Waals surface area contributed by atoms with E-state index >= 15 is 0 Å². The van der Waals surface area contributed by atoms with Gasteiger partial charge in [-0.3, -0.25) is 0 Å². The monoisotopic (exact) mass is 226 g/mol. The zero-order valence-corrected chi connectivity index (χ0v) is 10.6. The molecule has 3 heteroatoms. The van der Waals surface area contributed by atoms with Crippen molar-refractivity contribution in [2.24, 2.45) is 5.92 Å². The molecule has 2 heterocycles. The first kappa shape index (κ1) is 12.3. The SMILES string of the molecule is CCCNC1CCN(CC2CCCOC2)C1. The maximum Gasteiger partial charge on any atom is 0.0506 e. The van der Waals surface area contributed by atoms with E-state index in [4.69, 9.17) is 4.74 Å². The fraction of sp³-hybridized carbons (Fsp3) is 1.00. The molecule has 0 aromatic rings. The molecule has 2 atom stereocenters. The van der Waals surface area contributed by atoms with Gasteiger partial charge in [-0.05, 0) is 44.7 Å². The molecule has 3 nitrogen and oxygen atoms in total. The van der Waals surface area contributed by atoms with E-state index in [1.54, 1.807) is 0 Å². The fourth-order valence-electron chi connectivity index (χ4n) is 2.83. The number of nitrogens with one attached hydrogen (secondary N) is 1. The summed E-state index contributed by atoms with van der Waals surface area (Å²) in [6.07, 6.45) is 5.19. The topological polar surface area (TPSA) is 24.5 Å². The molecule has 0 radical (unpaired) electrons. The van der Waals surface area contributed by atoms with E-state index in [-0.39, 0.29) is 0 Å². The second-order valence-electron chi connectivity index (χ2n) is 5.28. The number of hydrogen-bond donors (Lipinski definition) is 1. The molecule has 2 rings (SSSR count). The van der Waals surface area contributed by atoms with Gasteiger partial charge in [-0.1, -0.05) is 6.92 Å². The van der Waals surface area contributed by atoms with E-state index < -0.39 is 0 Å². The van der Waals surface area contributed by atoms with Crippen LogP contribution in [0.25, 0.3) is 0 Å². The lowest BCUT2D eigenvalue weighted by molar-refractivity contribution is 0.0415. The summed E-state index contributed by atoms with van der Waals surface area (Å²) in [6, 6.07) is 0.740. The van der Waals surface area contributed by atoms with E-state index in [1.807, 2.05) is 0 Å². The second-order valence-corrected chi connectivity index (χ2v) is 5.28. The minimum Gasteiger partial charge on any atom is -0.381 e. The van der Waals surface area contributed by atoms with Crippen LogP contribution in [0, 0.1) is 5.92 Å². The van der Waals surface area contributed by atoms with Gasteiger partial charge in [0.15, 0.2) is 0 Å². The van der Waals surface area contributed by atoms with Gasteiger partial charge in [0.05, 0.1) is 6.61 Å². The largest absolute Gasteiger partial charge is 0.381 e. The quantitative estimate of drug-likeness (QED) is 0.768. The van der Waals surface area contributed by atoms with Crippen LogP contribution in [0.1, 0.15) is 32.6 Å². The Hall–Kier alpha value is -0.120. The highest BCUT2D eigenvalue weighted by Gasteiger charge is 2.24. The normalized spacial score (nSPS) is 32.1. The van der Waals surface area contributed by atoms with Crippen molar-refractivity contribution in [1.82, 2.24) is 10.2 Å². The molecule has 0 aliphatic carbocycles. The predicted molar refractivity (Wildman–Crippen MR) is 66.7 cm³/mol. The van der Waals surface area contributed by atoms with Gasteiger partial charge in [0.25, 0.3) is 0 Å². The van der Waals surface area contributed by atoms with Gasteiger partial charge in [-0.2, -0.15) is 0 Å². The minimum atomic E-state index is 0.740. The first-order valence-corrected chi connectivity index (χ1v) is 6.92. The van der Waals surface area contributed by atoms with Crippen molar-refractivity contribution in [1.29, 1.82) is 0 Å². The average molecular weight is 226 g/mol. The Kier molecular flexibility index (Phi) is 5.07. The van der Waals surface area contributed by atoms with Gasteiger partial charge in [-0.15, -0.1) is 0 Å². The summed E-state index contributed by atoms with van der Waals surface area (Å²) in [5.74, 6) is 0.790. The van der Waals surface area contributed by atoms with Crippen molar-refractivity contribution < 1.29 is 4.74 Å². The molecule has 2 aliphatic rings. The summed E-state index contributed by atoms with van der Waals surface area (Å²) in [6.45, 7) is 9.16. The van der Waals surface area contributed by atoms with Crippen molar-refractivity contribution in [3.05, 3.63) is 0 Å². The molecule has 0 amide bonds. The van der Waals surface area contributed by atoms with Crippen LogP contribution in [0.5, 0.6) is 0 Å². The molecule has 1 N–H and O–H groups in total. The third-order valence-electron chi connectivity index (χ3n) is 3.73. The lowest BCUT2D eigenvalue weighted by Crippen LogP contribution is -2.36. The number of likely N-dealkylation sites (tertiary alicyclic amines) is 1. The number of hydrogen-bond acceptors (Lipinski definition) is 3. The summed E-state index contributed by atoms with van der Waals surface area (Å²) in [7, 11) is 0. The van der Waals surface area contributed by atoms with Crippen LogP contribution in [0.15, 0.2) is 0 Å². The van der Waals surface area contributed by atoms with Crippen molar-refractivity contribution >= 4 is 0 Å². The molecule has 2 unspecified atom stereocenters. The van der Waals surface area contributed by atoms with Gasteiger partial charge in [0, 0.05) is 25.7 Å². The zero-order chi connectivity index (χ0) is 11.2. The predicted octanol–water partition coefficient (Wildman–Crippen LogP) is 1.49. The van der Waals surface area contributed by atoms with Crippen molar-refractivity contribution in [3.63, 3.8) is 0 Å². The molecular weight excluding hydrogens is 200 g/mol. The third kappa shape index (κ3) is 3.72. The lowest BCUT2D eigenvalue weighted by atomic mass is 10.0. The molecule has 0 spiro atoms. The average Bonchev–Trinajstić information content (AvgIpc) is 2.75. The van der Waals surface area contributed by atoms with Gasteiger partial charge in [-0.25, -0.2) is 0 Å². The van der Waals surface area contributed by atoms with Crippen LogP contribution in [0.4, 0.5) is 0 Å². The van der Waals surface area contributed by atoms with Crippen LogP contribution in [0.3, 0.4) is 0 Å². The van der Waals surface area contributed by atoms with Crippen molar-refractivity contribution in [2.45, 2.75) is 38.6 Å². The lowest BCUT2D eigenvalue weighted by Gasteiger charge is -2.26. The Bertz CT molecular complexity index is 192. The van der Waals surface area contributed by atoms with Gasteiger partial charge in [0.1, 0.15) is 0 Å². The molecular formula is C13H26N2O.